The highest BCUT2D eigenvalue weighted by atomic mass is 32.2. The summed E-state index contributed by atoms with van der Waals surface area (Å²) in [5, 5.41) is 0. The maximum atomic E-state index is 14.5. The van der Waals surface area contributed by atoms with Crippen molar-refractivity contribution in [3.63, 3.8) is 0 Å². The smallest absolute Gasteiger partial charge is 0.207 e. The first-order valence-electron chi connectivity index (χ1n) is 12.3. The molecule has 9 heteroatoms. The number of nitrogens with two attached hydrogens (primary N) is 2. The lowest BCUT2D eigenvalue weighted by Crippen LogP contribution is -2.20. The molecule has 4 heterocycles. The normalized spacial score (nSPS) is 26.6. The average Bonchev–Trinajstić information content (AvgIpc) is 3.63. The minimum atomic E-state index is -3.91. The van der Waals surface area contributed by atoms with Crippen LogP contribution in [0.25, 0.3) is 0 Å². The zero-order chi connectivity index (χ0) is 24.5. The van der Waals surface area contributed by atoms with Crippen molar-refractivity contribution in [2.45, 2.75) is 73.7 Å². The topological polar surface area (TPSA) is 136 Å². The Kier molecular flexibility index (Phi) is 5.61. The predicted octanol–water partition coefficient (Wildman–Crippen LogP) is 2.07. The number of anilines is 2. The third-order valence-corrected chi connectivity index (χ3v) is 9.64. The number of benzene rings is 2. The molecule has 2 aromatic carbocycles. The zero-order valence-electron chi connectivity index (χ0n) is 20.1. The number of nitrogen functional groups attached to an aromatic ring is 2. The maximum Gasteiger partial charge on any atom is 0.207 e. The maximum absolute atomic E-state index is 14.5. The summed E-state index contributed by atoms with van der Waals surface area (Å²) in [5.74, 6) is 0. The Balaban J connectivity index is 1.55. The quantitative estimate of drug-likeness (QED) is 0.374. The largest absolute Gasteiger partial charge is 0.398 e. The van der Waals surface area contributed by atoms with Crippen LogP contribution in [0.3, 0.4) is 0 Å². The van der Waals surface area contributed by atoms with Crippen LogP contribution in [-0.4, -0.2) is 59.3 Å². The van der Waals surface area contributed by atoms with Crippen LogP contribution in [0.15, 0.2) is 21.9 Å². The molecule has 6 rings (SSSR count). The Hall–Kier alpha value is -2.17. The lowest BCUT2D eigenvalue weighted by molar-refractivity contribution is 0.402. The standard InChI is InChI=1S/C26H32N2O6S/c1-13-20(6-16-10-32-16)25(28)22(8-18-12-34-18)26(21(13)7-17-11-33-17)35(29,30)24-4-3-23(27)19(14(24)2)5-15-9-31-15/h3-4,15-18H,5-12,27-28H2,1-2H3. The van der Waals surface area contributed by atoms with E-state index in [9.17, 15) is 8.42 Å². The van der Waals surface area contributed by atoms with Crippen molar-refractivity contribution in [2.24, 2.45) is 0 Å². The van der Waals surface area contributed by atoms with Crippen LogP contribution < -0.4 is 11.5 Å². The molecule has 4 saturated heterocycles. The van der Waals surface area contributed by atoms with Gasteiger partial charge in [0, 0.05) is 37.1 Å². The lowest BCUT2D eigenvalue weighted by Gasteiger charge is -2.24. The molecule has 0 saturated carbocycles. The summed E-state index contributed by atoms with van der Waals surface area (Å²) in [5.41, 5.74) is 19.0. The van der Waals surface area contributed by atoms with Crippen molar-refractivity contribution in [3.05, 3.63) is 45.5 Å². The van der Waals surface area contributed by atoms with Crippen molar-refractivity contribution >= 4 is 21.2 Å². The van der Waals surface area contributed by atoms with Gasteiger partial charge in [0.2, 0.25) is 9.84 Å². The fraction of sp³-hybridized carbons (Fsp3) is 0.538. The van der Waals surface area contributed by atoms with Gasteiger partial charge in [0.05, 0.1) is 60.6 Å². The molecule has 4 atom stereocenters. The summed E-state index contributed by atoms with van der Waals surface area (Å²) >= 11 is 0. The van der Waals surface area contributed by atoms with Crippen LogP contribution in [0.4, 0.5) is 11.4 Å². The Morgan fingerprint density at radius 3 is 1.69 bits per heavy atom. The molecule has 35 heavy (non-hydrogen) atoms. The molecule has 4 N–H and O–H groups in total. The van der Waals surface area contributed by atoms with E-state index in [1.807, 2.05) is 13.8 Å². The second-order valence-electron chi connectivity index (χ2n) is 10.2. The van der Waals surface area contributed by atoms with Crippen LogP contribution in [0.5, 0.6) is 0 Å². The van der Waals surface area contributed by atoms with Crippen molar-refractivity contribution in [3.8, 4) is 0 Å². The molecule has 4 unspecified atom stereocenters. The van der Waals surface area contributed by atoms with E-state index < -0.39 is 9.84 Å². The van der Waals surface area contributed by atoms with E-state index in [0.717, 1.165) is 22.3 Å². The van der Waals surface area contributed by atoms with Gasteiger partial charge in [-0.3, -0.25) is 0 Å². The summed E-state index contributed by atoms with van der Waals surface area (Å²) in [6.45, 7) is 6.45. The van der Waals surface area contributed by atoms with Crippen LogP contribution in [-0.2, 0) is 54.5 Å². The summed E-state index contributed by atoms with van der Waals surface area (Å²) in [6, 6.07) is 3.32. The lowest BCUT2D eigenvalue weighted by atomic mass is 9.89. The van der Waals surface area contributed by atoms with Gasteiger partial charge in [-0.15, -0.1) is 0 Å². The van der Waals surface area contributed by atoms with Crippen LogP contribution >= 0.6 is 0 Å². The van der Waals surface area contributed by atoms with Gasteiger partial charge in [-0.25, -0.2) is 8.42 Å². The second-order valence-corrected chi connectivity index (χ2v) is 12.1. The molecule has 0 aromatic heterocycles. The van der Waals surface area contributed by atoms with Gasteiger partial charge in [-0.05, 0) is 59.4 Å². The molecular weight excluding hydrogens is 468 g/mol. The third kappa shape index (κ3) is 4.56. The predicted molar refractivity (Wildman–Crippen MR) is 130 cm³/mol. The van der Waals surface area contributed by atoms with Crippen molar-refractivity contribution in [2.75, 3.05) is 37.9 Å². The number of ether oxygens (including phenoxy) is 4. The SMILES string of the molecule is Cc1c(S(=O)(=O)c2c(CC3CO3)c(C)c(CC3CO3)c(N)c2CC2CO2)ccc(N)c1CC1CO1. The fourth-order valence-corrected chi connectivity index (χ4v) is 7.23. The third-order valence-electron chi connectivity index (χ3n) is 7.58. The molecule has 0 radical (unpaired) electrons. The van der Waals surface area contributed by atoms with Gasteiger partial charge in [0.1, 0.15) is 0 Å². The zero-order valence-corrected chi connectivity index (χ0v) is 20.9. The summed E-state index contributed by atoms with van der Waals surface area (Å²) in [7, 11) is -3.91. The van der Waals surface area contributed by atoms with E-state index >= 15 is 0 Å². The first-order chi connectivity index (χ1) is 16.7. The van der Waals surface area contributed by atoms with Gasteiger partial charge in [0.15, 0.2) is 0 Å². The van der Waals surface area contributed by atoms with Gasteiger partial charge in [-0.2, -0.15) is 0 Å². The van der Waals surface area contributed by atoms with E-state index in [4.69, 9.17) is 30.4 Å². The van der Waals surface area contributed by atoms with Gasteiger partial charge in [0.25, 0.3) is 0 Å². The number of hydrogen-bond donors (Lipinski definition) is 2. The van der Waals surface area contributed by atoms with Gasteiger partial charge < -0.3 is 30.4 Å². The minimum Gasteiger partial charge on any atom is -0.398 e. The van der Waals surface area contributed by atoms with E-state index in [2.05, 4.69) is 0 Å². The van der Waals surface area contributed by atoms with E-state index in [1.165, 1.54) is 0 Å². The number of hydrogen-bond acceptors (Lipinski definition) is 8. The molecule has 0 aliphatic carbocycles. The van der Waals surface area contributed by atoms with E-state index in [-0.39, 0.29) is 29.3 Å². The highest BCUT2D eigenvalue weighted by Gasteiger charge is 2.38. The van der Waals surface area contributed by atoms with Gasteiger partial charge >= 0.3 is 0 Å². The average molecular weight is 501 g/mol. The molecule has 0 bridgehead atoms. The fourth-order valence-electron chi connectivity index (χ4n) is 5.16. The summed E-state index contributed by atoms with van der Waals surface area (Å²) in [6.07, 6.45) is 2.54. The molecule has 4 fully saturated rings. The molecule has 188 valence electrons. The molecule has 4 aliphatic heterocycles. The van der Waals surface area contributed by atoms with Crippen molar-refractivity contribution < 1.29 is 27.4 Å². The summed E-state index contributed by atoms with van der Waals surface area (Å²) in [4.78, 5) is 0.593. The Bertz CT molecular complexity index is 1250. The first kappa shape index (κ1) is 23.2. The van der Waals surface area contributed by atoms with Crippen LogP contribution in [0, 0.1) is 13.8 Å². The monoisotopic (exact) mass is 500 g/mol. The number of sulfone groups is 1. The highest BCUT2D eigenvalue weighted by Crippen LogP contribution is 2.42. The van der Waals surface area contributed by atoms with Crippen LogP contribution in [0.2, 0.25) is 0 Å². The number of epoxide rings is 4. The first-order valence-corrected chi connectivity index (χ1v) is 13.7. The van der Waals surface area contributed by atoms with Crippen molar-refractivity contribution in [1.82, 2.24) is 0 Å². The Morgan fingerprint density at radius 2 is 1.17 bits per heavy atom. The Labute approximate surface area is 205 Å². The summed E-state index contributed by atoms with van der Waals surface area (Å²) < 4.78 is 50.9. The van der Waals surface area contributed by atoms with Gasteiger partial charge in [-0.1, -0.05) is 0 Å². The molecule has 2 aromatic rings. The molecule has 4 aliphatic rings. The molecule has 0 spiro atoms. The molecule has 0 amide bonds. The molecule has 8 nitrogen and oxygen atoms in total. The minimum absolute atomic E-state index is 0.0147. The van der Waals surface area contributed by atoms with E-state index in [0.29, 0.717) is 79.5 Å². The highest BCUT2D eigenvalue weighted by molar-refractivity contribution is 7.91. The van der Waals surface area contributed by atoms with E-state index in [1.54, 1.807) is 12.1 Å². The second kappa shape index (κ2) is 8.45. The molecular formula is C26H32N2O6S. The number of rotatable bonds is 10. The Morgan fingerprint density at radius 1 is 0.714 bits per heavy atom. The van der Waals surface area contributed by atoms with Crippen molar-refractivity contribution in [1.29, 1.82) is 0 Å². The van der Waals surface area contributed by atoms with Crippen LogP contribution in [0.1, 0.15) is 33.4 Å².